The summed E-state index contributed by atoms with van der Waals surface area (Å²) < 4.78 is 13.4. The number of carbonyl (C=O) groups is 1. The molecule has 1 fully saturated rings. The van der Waals surface area contributed by atoms with Crippen molar-refractivity contribution in [2.75, 3.05) is 19.0 Å². The lowest BCUT2D eigenvalue weighted by molar-refractivity contribution is -0.134. The minimum Gasteiger partial charge on any atom is -0.490 e. The van der Waals surface area contributed by atoms with Gasteiger partial charge in [-0.05, 0) is 51.3 Å². The van der Waals surface area contributed by atoms with Gasteiger partial charge >= 0.3 is 0 Å². The molecule has 156 valence electrons. The molecule has 0 spiro atoms. The minimum atomic E-state index is 0.176. The van der Waals surface area contributed by atoms with Crippen LogP contribution in [0.1, 0.15) is 39.5 Å². The molecule has 2 aliphatic heterocycles. The van der Waals surface area contributed by atoms with E-state index < -0.39 is 0 Å². The number of hydrogen-bond donors (Lipinski definition) is 0. The molecule has 4 rings (SSSR count). The summed E-state index contributed by atoms with van der Waals surface area (Å²) >= 11 is 1.44. The predicted molar refractivity (Wildman–Crippen MR) is 112 cm³/mol. The van der Waals surface area contributed by atoms with E-state index in [1.165, 1.54) is 18.2 Å². The molecule has 1 aromatic carbocycles. The maximum absolute atomic E-state index is 12.8. The Bertz CT molecular complexity index is 875. The van der Waals surface area contributed by atoms with E-state index >= 15 is 0 Å². The highest BCUT2D eigenvalue weighted by molar-refractivity contribution is 7.99. The first kappa shape index (κ1) is 20.1. The Balaban J connectivity index is 1.46. The monoisotopic (exact) mass is 416 g/mol. The summed E-state index contributed by atoms with van der Waals surface area (Å²) in [6, 6.07) is 6.45. The number of nitrogens with zero attached hydrogens (tertiary/aromatic N) is 4. The van der Waals surface area contributed by atoms with Crippen molar-refractivity contribution >= 4 is 17.7 Å². The Morgan fingerprint density at radius 3 is 2.59 bits per heavy atom. The second-order valence-electron chi connectivity index (χ2n) is 7.80. The number of piperidine rings is 1. The van der Waals surface area contributed by atoms with Crippen LogP contribution in [0.15, 0.2) is 23.4 Å². The summed E-state index contributed by atoms with van der Waals surface area (Å²) in [4.78, 5) is 14.8. The largest absolute Gasteiger partial charge is 0.490 e. The topological polar surface area (TPSA) is 69.5 Å². The maximum atomic E-state index is 12.8. The van der Waals surface area contributed by atoms with Crippen LogP contribution in [-0.2, 0) is 11.8 Å². The van der Waals surface area contributed by atoms with Gasteiger partial charge in [-0.3, -0.25) is 4.79 Å². The van der Waals surface area contributed by atoms with Crippen molar-refractivity contribution < 1.29 is 14.3 Å². The third-order valence-corrected chi connectivity index (χ3v) is 6.65. The van der Waals surface area contributed by atoms with Gasteiger partial charge in [-0.2, -0.15) is 0 Å². The summed E-state index contributed by atoms with van der Waals surface area (Å²) in [5, 5.41) is 9.39. The molecule has 0 saturated carbocycles. The number of hydrogen-bond acceptors (Lipinski definition) is 6. The molecule has 0 N–H and O–H groups in total. The first-order valence-corrected chi connectivity index (χ1v) is 11.3. The zero-order valence-corrected chi connectivity index (χ0v) is 18.1. The quantitative estimate of drug-likeness (QED) is 0.711. The second kappa shape index (κ2) is 8.65. The van der Waals surface area contributed by atoms with Gasteiger partial charge in [-0.25, -0.2) is 0 Å². The van der Waals surface area contributed by atoms with Crippen molar-refractivity contribution in [1.82, 2.24) is 19.7 Å². The molecular weight excluding hydrogens is 388 g/mol. The van der Waals surface area contributed by atoms with Crippen LogP contribution in [0.4, 0.5) is 0 Å². The van der Waals surface area contributed by atoms with Gasteiger partial charge in [0.15, 0.2) is 22.5 Å². The molecule has 2 atom stereocenters. The standard InChI is InChI=1S/C21H28N4O3S/c1-14-6-4-7-15(2)25(14)19(26)13-29-21-23-22-20(24(21)3)16-8-9-17-18(12-16)28-11-5-10-27-17/h8-9,12,14-15H,4-7,10-11,13H2,1-3H3/t14-,15-/m1/s1. The van der Waals surface area contributed by atoms with Gasteiger partial charge in [0, 0.05) is 31.1 Å². The third-order valence-electron chi connectivity index (χ3n) is 5.65. The van der Waals surface area contributed by atoms with E-state index in [1.807, 2.05) is 34.7 Å². The average molecular weight is 417 g/mol. The molecule has 0 aliphatic carbocycles. The van der Waals surface area contributed by atoms with E-state index in [1.54, 1.807) is 0 Å². The van der Waals surface area contributed by atoms with Crippen molar-refractivity contribution in [1.29, 1.82) is 0 Å². The summed E-state index contributed by atoms with van der Waals surface area (Å²) in [5.74, 6) is 2.80. The summed E-state index contributed by atoms with van der Waals surface area (Å²) in [6.45, 7) is 5.59. The number of fused-ring (bicyclic) bond motifs is 1. The van der Waals surface area contributed by atoms with Gasteiger partial charge in [0.1, 0.15) is 0 Å². The van der Waals surface area contributed by atoms with Crippen LogP contribution in [0.5, 0.6) is 11.5 Å². The molecule has 8 heteroatoms. The SMILES string of the molecule is C[C@@H]1CCC[C@@H](C)N1C(=O)CSc1nnc(-c2ccc3c(c2)OCCCO3)n1C. The van der Waals surface area contributed by atoms with Crippen LogP contribution in [-0.4, -0.2) is 56.6 Å². The molecular formula is C21H28N4O3S. The summed E-state index contributed by atoms with van der Waals surface area (Å²) in [5.41, 5.74) is 0.917. The second-order valence-corrected chi connectivity index (χ2v) is 8.74. The minimum absolute atomic E-state index is 0.176. The molecule has 1 amide bonds. The van der Waals surface area contributed by atoms with E-state index in [2.05, 4.69) is 24.0 Å². The molecule has 2 aliphatic rings. The van der Waals surface area contributed by atoms with Gasteiger partial charge < -0.3 is 18.9 Å². The Morgan fingerprint density at radius 1 is 1.10 bits per heavy atom. The number of likely N-dealkylation sites (tertiary alicyclic amines) is 1. The van der Waals surface area contributed by atoms with Crippen LogP contribution in [0.25, 0.3) is 11.4 Å². The molecule has 29 heavy (non-hydrogen) atoms. The van der Waals surface area contributed by atoms with E-state index in [-0.39, 0.29) is 5.91 Å². The zero-order valence-electron chi connectivity index (χ0n) is 17.3. The molecule has 3 heterocycles. The highest BCUT2D eigenvalue weighted by Crippen LogP contribution is 2.34. The number of amides is 1. The number of carbonyl (C=O) groups excluding carboxylic acids is 1. The van der Waals surface area contributed by atoms with Crippen LogP contribution in [0, 0.1) is 0 Å². The van der Waals surface area contributed by atoms with Crippen LogP contribution < -0.4 is 9.47 Å². The number of thioether (sulfide) groups is 1. The molecule has 0 bridgehead atoms. The van der Waals surface area contributed by atoms with Crippen LogP contribution in [0.3, 0.4) is 0 Å². The Morgan fingerprint density at radius 2 is 1.83 bits per heavy atom. The van der Waals surface area contributed by atoms with E-state index in [9.17, 15) is 4.79 Å². The first-order chi connectivity index (χ1) is 14.0. The van der Waals surface area contributed by atoms with Gasteiger partial charge in [0.05, 0.1) is 19.0 Å². The highest BCUT2D eigenvalue weighted by atomic mass is 32.2. The molecule has 1 aromatic heterocycles. The van der Waals surface area contributed by atoms with Gasteiger partial charge in [-0.1, -0.05) is 11.8 Å². The smallest absolute Gasteiger partial charge is 0.233 e. The van der Waals surface area contributed by atoms with Gasteiger partial charge in [0.25, 0.3) is 0 Å². The predicted octanol–water partition coefficient (Wildman–Crippen LogP) is 3.53. The van der Waals surface area contributed by atoms with E-state index in [4.69, 9.17) is 9.47 Å². The summed E-state index contributed by atoms with van der Waals surface area (Å²) in [6.07, 6.45) is 4.23. The van der Waals surface area contributed by atoms with Crippen molar-refractivity contribution in [2.24, 2.45) is 7.05 Å². The Kier molecular flexibility index (Phi) is 5.99. The van der Waals surface area contributed by atoms with Crippen molar-refractivity contribution in [3.8, 4) is 22.9 Å². The number of ether oxygens (including phenoxy) is 2. The average Bonchev–Trinajstić information content (AvgIpc) is 2.91. The fourth-order valence-corrected chi connectivity index (χ4v) is 4.89. The van der Waals surface area contributed by atoms with Gasteiger partial charge in [0.2, 0.25) is 5.91 Å². The lowest BCUT2D eigenvalue weighted by Gasteiger charge is -2.39. The summed E-state index contributed by atoms with van der Waals surface area (Å²) in [7, 11) is 1.93. The number of benzene rings is 1. The van der Waals surface area contributed by atoms with Crippen LogP contribution in [0.2, 0.25) is 0 Å². The normalized spacial score (nSPS) is 21.7. The number of aromatic nitrogens is 3. The van der Waals surface area contributed by atoms with Gasteiger partial charge in [-0.15, -0.1) is 10.2 Å². The van der Waals surface area contributed by atoms with Crippen molar-refractivity contribution in [3.63, 3.8) is 0 Å². The van der Waals surface area contributed by atoms with Crippen molar-refractivity contribution in [3.05, 3.63) is 18.2 Å². The molecule has 7 nitrogen and oxygen atoms in total. The molecule has 1 saturated heterocycles. The molecule has 0 radical (unpaired) electrons. The van der Waals surface area contributed by atoms with E-state index in [0.717, 1.165) is 47.3 Å². The van der Waals surface area contributed by atoms with Crippen LogP contribution >= 0.6 is 11.8 Å². The molecule has 2 aromatic rings. The maximum Gasteiger partial charge on any atom is 0.233 e. The fourth-order valence-electron chi connectivity index (χ4n) is 4.11. The Labute approximate surface area is 175 Å². The van der Waals surface area contributed by atoms with E-state index in [0.29, 0.717) is 31.1 Å². The van der Waals surface area contributed by atoms with Crippen molar-refractivity contribution in [2.45, 2.75) is 56.8 Å². The highest BCUT2D eigenvalue weighted by Gasteiger charge is 2.29. The molecule has 0 unspecified atom stereocenters. The first-order valence-electron chi connectivity index (χ1n) is 10.3. The fraction of sp³-hybridized carbons (Fsp3) is 0.571. The zero-order chi connectivity index (χ0) is 20.4. The number of rotatable bonds is 4. The lowest BCUT2D eigenvalue weighted by atomic mass is 9.98. The lowest BCUT2D eigenvalue weighted by Crippen LogP contribution is -2.48. The Hall–Kier alpha value is -2.22. The third kappa shape index (κ3) is 4.22.